The molecule has 0 aliphatic heterocycles. The Balaban J connectivity index is 3.26. The van der Waals surface area contributed by atoms with Gasteiger partial charge in [-0.1, -0.05) is 13.2 Å². The number of carbonyl (C=O) groups is 2. The lowest BCUT2D eigenvalue weighted by Gasteiger charge is -1.98. The normalized spacial score (nSPS) is 7.69. The van der Waals surface area contributed by atoms with Crippen molar-refractivity contribution < 1.29 is 18.9 Å². The first kappa shape index (κ1) is 11.6. The molecule has 0 N–H and O–H groups in total. The van der Waals surface area contributed by atoms with E-state index in [9.17, 15) is 9.59 Å². The Bertz CT molecular complexity index is 194. The lowest BCUT2D eigenvalue weighted by atomic mass is 9.32. The van der Waals surface area contributed by atoms with Crippen LogP contribution in [0.5, 0.6) is 0 Å². The van der Waals surface area contributed by atoms with Crippen molar-refractivity contribution in [2.24, 2.45) is 0 Å². The largest absolute Gasteiger partial charge is 0.546 e. The second kappa shape index (κ2) is 7.27. The van der Waals surface area contributed by atoms with Crippen LogP contribution in [0.2, 0.25) is 0 Å². The second-order valence-electron chi connectivity index (χ2n) is 2.10. The highest BCUT2D eigenvalue weighted by molar-refractivity contribution is 7.26. The van der Waals surface area contributed by atoms with Crippen molar-refractivity contribution >= 4 is 33.7 Å². The quantitative estimate of drug-likeness (QED) is 0.279. The first-order valence-electron chi connectivity index (χ1n) is 3.79. The molecule has 7 heteroatoms. The summed E-state index contributed by atoms with van der Waals surface area (Å²) >= 11 is 0. The van der Waals surface area contributed by atoms with Crippen LogP contribution in [0, 0.1) is 0 Å². The number of carbonyl (C=O) groups excluding carboxylic acids is 2. The van der Waals surface area contributed by atoms with E-state index in [0.717, 1.165) is 12.2 Å². The number of hydrogen-bond acceptors (Lipinski definition) is 4. The van der Waals surface area contributed by atoms with E-state index in [1.165, 1.54) is 0 Å². The number of rotatable bonds is 6. The van der Waals surface area contributed by atoms with Gasteiger partial charge in [-0.05, 0) is 0 Å². The second-order valence-corrected chi connectivity index (χ2v) is 2.10. The first-order chi connectivity index (χ1) is 6.20. The molecule has 0 heterocycles. The molecule has 0 aliphatic carbocycles. The van der Waals surface area contributed by atoms with Gasteiger partial charge in [-0.2, -0.15) is 0 Å². The molecule has 0 aromatic rings. The Morgan fingerprint density at radius 2 is 1.38 bits per heavy atom. The van der Waals surface area contributed by atoms with Gasteiger partial charge in [0.25, 0.3) is 14.7 Å². The van der Waals surface area contributed by atoms with Gasteiger partial charge in [-0.3, -0.25) is 0 Å². The predicted octanol–water partition coefficient (Wildman–Crippen LogP) is -1.59. The molecule has 0 spiro atoms. The van der Waals surface area contributed by atoms with Gasteiger partial charge in [0.2, 0.25) is 0 Å². The van der Waals surface area contributed by atoms with Gasteiger partial charge in [0.1, 0.15) is 0 Å². The molecule has 0 aliphatic rings. The minimum absolute atomic E-state index is 0.218. The summed E-state index contributed by atoms with van der Waals surface area (Å²) in [5.41, 5.74) is 0. The maximum Gasteiger partial charge on any atom is 0.311 e. The van der Waals surface area contributed by atoms with Gasteiger partial charge in [0.15, 0.2) is 7.06 Å². The molecule has 0 atom stereocenters. The van der Waals surface area contributed by atoms with Crippen LogP contribution in [0.1, 0.15) is 0 Å². The maximum absolute atomic E-state index is 10.5. The van der Waals surface area contributed by atoms with Crippen LogP contribution in [0.3, 0.4) is 0 Å². The molecule has 0 unspecified atom stereocenters. The Morgan fingerprint density at radius 1 is 1.00 bits per heavy atom. The highest BCUT2D eigenvalue weighted by atomic mass is 16.5. The average molecular weight is 178 g/mol. The van der Waals surface area contributed by atoms with Gasteiger partial charge in [0.05, 0.1) is 0 Å². The maximum atomic E-state index is 10.5. The standard InChI is InChI=1S/C6H9B3O4/c1-3-5(10)12-8-7-9-13-6(11)4-2/h3-4,7-9H,1-2H2. The number of hydrogen-bond donors (Lipinski definition) is 0. The molecule has 0 aromatic carbocycles. The molecule has 0 rings (SSSR count). The summed E-state index contributed by atoms with van der Waals surface area (Å²) in [5, 5.41) is 0. The average Bonchev–Trinajstić information content (AvgIpc) is 2.16. The topological polar surface area (TPSA) is 52.6 Å². The van der Waals surface area contributed by atoms with Crippen molar-refractivity contribution in [3.63, 3.8) is 0 Å². The predicted molar refractivity (Wildman–Crippen MR) is 54.0 cm³/mol. The van der Waals surface area contributed by atoms with Crippen LogP contribution in [-0.2, 0) is 18.9 Å². The summed E-state index contributed by atoms with van der Waals surface area (Å²) in [5.74, 6) is -0.954. The van der Waals surface area contributed by atoms with Crippen molar-refractivity contribution in [3.05, 3.63) is 25.3 Å². The van der Waals surface area contributed by atoms with E-state index < -0.39 is 11.9 Å². The highest BCUT2D eigenvalue weighted by Gasteiger charge is 2.04. The van der Waals surface area contributed by atoms with Crippen LogP contribution < -0.4 is 0 Å². The highest BCUT2D eigenvalue weighted by Crippen LogP contribution is 1.77. The van der Waals surface area contributed by atoms with E-state index in [1.807, 2.05) is 0 Å². The third-order valence-electron chi connectivity index (χ3n) is 1.11. The molecule has 0 radical (unpaired) electrons. The van der Waals surface area contributed by atoms with Gasteiger partial charge in [0, 0.05) is 12.2 Å². The Morgan fingerprint density at radius 3 is 1.69 bits per heavy atom. The fourth-order valence-electron chi connectivity index (χ4n) is 0.522. The Hall–Kier alpha value is -1.39. The summed E-state index contributed by atoms with van der Waals surface area (Å²) < 4.78 is 9.27. The summed E-state index contributed by atoms with van der Waals surface area (Å²) in [6, 6.07) is 0. The fourth-order valence-corrected chi connectivity index (χ4v) is 0.522. The van der Waals surface area contributed by atoms with Crippen molar-refractivity contribution in [2.45, 2.75) is 0 Å². The zero-order chi connectivity index (χ0) is 10.1. The van der Waals surface area contributed by atoms with E-state index in [1.54, 1.807) is 0 Å². The van der Waals surface area contributed by atoms with Crippen LogP contribution in [0.15, 0.2) is 25.3 Å². The zero-order valence-corrected chi connectivity index (χ0v) is 7.32. The molecule has 0 fully saturated rings. The van der Waals surface area contributed by atoms with Gasteiger partial charge in [-0.25, -0.2) is 9.59 Å². The molecular weight excluding hydrogens is 168 g/mol. The molecule has 66 valence electrons. The van der Waals surface area contributed by atoms with Crippen molar-refractivity contribution in [3.8, 4) is 0 Å². The van der Waals surface area contributed by atoms with E-state index in [2.05, 4.69) is 22.5 Å². The minimum atomic E-state index is -0.477. The minimum Gasteiger partial charge on any atom is -0.546 e. The molecule has 0 aromatic heterocycles. The van der Waals surface area contributed by atoms with Crippen molar-refractivity contribution in [1.82, 2.24) is 0 Å². The molecule has 0 saturated heterocycles. The lowest BCUT2D eigenvalue weighted by Crippen LogP contribution is -2.22. The van der Waals surface area contributed by atoms with Crippen molar-refractivity contribution in [2.75, 3.05) is 0 Å². The Labute approximate surface area is 78.7 Å². The SMILES string of the molecule is C=CC(=O)OBBBOC(=O)C=C. The van der Waals surface area contributed by atoms with Gasteiger partial charge >= 0.3 is 11.9 Å². The lowest BCUT2D eigenvalue weighted by molar-refractivity contribution is -0.129. The molecule has 0 amide bonds. The Kier molecular flexibility index (Phi) is 6.50. The molecular formula is C6H9B3O4. The molecule has 13 heavy (non-hydrogen) atoms. The van der Waals surface area contributed by atoms with Crippen LogP contribution in [0.25, 0.3) is 0 Å². The van der Waals surface area contributed by atoms with Crippen LogP contribution >= 0.6 is 0 Å². The molecule has 4 nitrogen and oxygen atoms in total. The van der Waals surface area contributed by atoms with E-state index >= 15 is 0 Å². The van der Waals surface area contributed by atoms with E-state index in [-0.39, 0.29) is 14.7 Å². The molecule has 0 saturated carbocycles. The summed E-state index contributed by atoms with van der Waals surface area (Å²) in [6.07, 6.45) is 2.16. The first-order valence-corrected chi connectivity index (χ1v) is 3.79. The third kappa shape index (κ3) is 6.99. The third-order valence-corrected chi connectivity index (χ3v) is 1.11. The van der Waals surface area contributed by atoms with Crippen LogP contribution in [-0.4, -0.2) is 33.7 Å². The fraction of sp³-hybridized carbons (Fsp3) is 0. The molecule has 0 bridgehead atoms. The van der Waals surface area contributed by atoms with Crippen molar-refractivity contribution in [1.29, 1.82) is 0 Å². The van der Waals surface area contributed by atoms with E-state index in [4.69, 9.17) is 0 Å². The van der Waals surface area contributed by atoms with Gasteiger partial charge in [-0.15, -0.1) is 0 Å². The van der Waals surface area contributed by atoms with E-state index in [0.29, 0.717) is 7.06 Å². The monoisotopic (exact) mass is 178 g/mol. The zero-order valence-electron chi connectivity index (χ0n) is 7.32. The summed E-state index contributed by atoms with van der Waals surface area (Å²) in [4.78, 5) is 21.0. The van der Waals surface area contributed by atoms with Crippen LogP contribution in [0.4, 0.5) is 0 Å². The van der Waals surface area contributed by atoms with Gasteiger partial charge < -0.3 is 9.31 Å². The summed E-state index contributed by atoms with van der Waals surface area (Å²) in [6.45, 7) is 6.46. The smallest absolute Gasteiger partial charge is 0.311 e. The summed E-state index contributed by atoms with van der Waals surface area (Å²) in [7, 11) is 0.906.